The maximum Gasteiger partial charge on any atom is 0.282 e. The van der Waals surface area contributed by atoms with Crippen molar-refractivity contribution in [2.75, 3.05) is 0 Å². The summed E-state index contributed by atoms with van der Waals surface area (Å²) < 4.78 is 0. The van der Waals surface area contributed by atoms with Crippen molar-refractivity contribution in [2.45, 2.75) is 6.92 Å². The van der Waals surface area contributed by atoms with Gasteiger partial charge in [-0.15, -0.1) is 0 Å². The van der Waals surface area contributed by atoms with E-state index in [2.05, 4.69) is 4.98 Å². The number of phenols is 1. The zero-order valence-electron chi connectivity index (χ0n) is 9.15. The Morgan fingerprint density at radius 1 is 1.18 bits per heavy atom. The number of aliphatic hydroxyl groups is 2. The van der Waals surface area contributed by atoms with Crippen LogP contribution >= 0.6 is 0 Å². The van der Waals surface area contributed by atoms with Gasteiger partial charge in [0.25, 0.3) is 5.95 Å². The summed E-state index contributed by atoms with van der Waals surface area (Å²) in [4.78, 5) is 3.16. The minimum atomic E-state index is -0.782. The number of aromatic nitrogens is 1. The molecule has 3 aromatic rings. The van der Waals surface area contributed by atoms with Gasteiger partial charge < -0.3 is 20.3 Å². The van der Waals surface area contributed by atoms with Crippen LogP contribution in [-0.2, 0) is 0 Å². The summed E-state index contributed by atoms with van der Waals surface area (Å²) in [6.07, 6.45) is 0. The van der Waals surface area contributed by atoms with Crippen LogP contribution < -0.4 is 5.22 Å². The summed E-state index contributed by atoms with van der Waals surface area (Å²) in [6, 6.07) is 6.90. The number of aromatic amines is 1. The first-order chi connectivity index (χ1) is 8.09. The molecule has 0 aliphatic carbocycles. The van der Waals surface area contributed by atoms with Crippen LogP contribution in [-0.4, -0.2) is 20.3 Å². The highest BCUT2D eigenvalue weighted by Crippen LogP contribution is 2.32. The molecular weight excluding hydrogens is 218 g/mol. The molecule has 4 N–H and O–H groups in total. The fraction of sp³-hybridized carbons (Fsp3) is 0.0769. The number of aliphatic hydroxyl groups excluding tert-OH is 1. The maximum absolute atomic E-state index is 9.89. The van der Waals surface area contributed by atoms with Gasteiger partial charge in [0.05, 0.1) is 5.22 Å². The Hall–Kier alpha value is -2.36. The van der Waals surface area contributed by atoms with E-state index in [9.17, 15) is 15.3 Å². The van der Waals surface area contributed by atoms with Gasteiger partial charge in [-0.1, -0.05) is 12.1 Å². The molecule has 0 aliphatic rings. The molecule has 0 saturated carbocycles. The lowest BCUT2D eigenvalue weighted by atomic mass is 10.0. The number of aromatic hydroxyl groups is 1. The Morgan fingerprint density at radius 2 is 1.94 bits per heavy atom. The molecule has 86 valence electrons. The van der Waals surface area contributed by atoms with Gasteiger partial charge in [0, 0.05) is 27.4 Å². The molecule has 1 aromatic heterocycles. The van der Waals surface area contributed by atoms with Crippen LogP contribution in [0.1, 0.15) is 5.69 Å². The van der Waals surface area contributed by atoms with Crippen molar-refractivity contribution in [3.05, 3.63) is 35.2 Å². The first kappa shape index (κ1) is 9.84. The highest BCUT2D eigenvalue weighted by Gasteiger charge is 2.13. The molecule has 0 fully saturated rings. The Labute approximate surface area is 96.4 Å². The van der Waals surface area contributed by atoms with Crippen molar-refractivity contribution in [3.63, 3.8) is 0 Å². The van der Waals surface area contributed by atoms with Crippen molar-refractivity contribution in [1.82, 2.24) is 4.98 Å². The second-order valence-electron chi connectivity index (χ2n) is 4.12. The number of rotatable bonds is 0. The van der Waals surface area contributed by atoms with E-state index in [1.165, 1.54) is 6.07 Å². The van der Waals surface area contributed by atoms with Gasteiger partial charge in [-0.2, -0.15) is 0 Å². The highest BCUT2D eigenvalue weighted by molar-refractivity contribution is 6.13. The van der Waals surface area contributed by atoms with Gasteiger partial charge in [0.15, 0.2) is 0 Å². The molecule has 0 radical (unpaired) electrons. The molecule has 3 rings (SSSR count). The lowest BCUT2D eigenvalue weighted by Crippen LogP contribution is -2.07. The molecule has 0 saturated heterocycles. The largest absolute Gasteiger partial charge is 0.507 e. The van der Waals surface area contributed by atoms with Crippen molar-refractivity contribution in [1.29, 1.82) is 0 Å². The van der Waals surface area contributed by atoms with E-state index >= 15 is 0 Å². The minimum absolute atomic E-state index is 0.0395. The van der Waals surface area contributed by atoms with E-state index in [4.69, 9.17) is 0 Å². The molecule has 0 aliphatic heterocycles. The second-order valence-corrected chi connectivity index (χ2v) is 4.12. The topological polar surface area (TPSA) is 76.5 Å². The summed E-state index contributed by atoms with van der Waals surface area (Å²) in [6.45, 7) is 1.86. The Balaban J connectivity index is 2.78. The summed E-state index contributed by atoms with van der Waals surface area (Å²) in [5.74, 6) is -0.743. The van der Waals surface area contributed by atoms with Crippen LogP contribution in [0, 0.1) is 6.92 Å². The van der Waals surface area contributed by atoms with Crippen LogP contribution in [0.5, 0.6) is 5.75 Å². The van der Waals surface area contributed by atoms with Crippen LogP contribution in [0.3, 0.4) is 0 Å². The van der Waals surface area contributed by atoms with E-state index in [1.54, 1.807) is 6.07 Å². The number of nitrogens with one attached hydrogen (secondary N) is 1. The lowest BCUT2D eigenvalue weighted by molar-refractivity contribution is 0.298. The summed E-state index contributed by atoms with van der Waals surface area (Å²) in [7, 11) is 0. The number of H-pyrrole nitrogens is 1. The van der Waals surface area contributed by atoms with Gasteiger partial charge >= 0.3 is 0 Å². The smallest absolute Gasteiger partial charge is 0.282 e. The Kier molecular flexibility index (Phi) is 1.78. The van der Waals surface area contributed by atoms with Crippen LogP contribution in [0.4, 0.5) is 0 Å². The summed E-state index contributed by atoms with van der Waals surface area (Å²) in [5, 5.41) is 30.9. The van der Waals surface area contributed by atoms with Crippen LogP contribution in [0.15, 0.2) is 24.3 Å². The second kappa shape index (κ2) is 3.07. The van der Waals surface area contributed by atoms with Crippen LogP contribution in [0.2, 0.25) is 0 Å². The normalized spacial score (nSPS) is 11.4. The first-order valence-electron chi connectivity index (χ1n) is 5.24. The first-order valence-corrected chi connectivity index (χ1v) is 5.24. The van der Waals surface area contributed by atoms with E-state index in [0.717, 1.165) is 22.0 Å². The maximum atomic E-state index is 9.89. The average Bonchev–Trinajstić information content (AvgIpc) is 2.61. The summed E-state index contributed by atoms with van der Waals surface area (Å²) >= 11 is 0. The number of aryl methyl sites for hydroxylation is 1. The zero-order valence-corrected chi connectivity index (χ0v) is 9.15. The quantitative estimate of drug-likeness (QED) is 0.477. The van der Waals surface area contributed by atoms with Gasteiger partial charge in [-0.3, -0.25) is 0 Å². The summed E-state index contributed by atoms with van der Waals surface area (Å²) in [5.41, 5.74) is 1.71. The highest BCUT2D eigenvalue weighted by atomic mass is 16.5. The van der Waals surface area contributed by atoms with E-state index in [-0.39, 0.29) is 11.0 Å². The van der Waals surface area contributed by atoms with Gasteiger partial charge in [-0.25, -0.2) is 0 Å². The van der Waals surface area contributed by atoms with Gasteiger partial charge in [0.2, 0.25) is 0 Å². The number of phenolic OH excluding ortho intramolecular Hbond substituents is 1. The van der Waals surface area contributed by atoms with E-state index in [0.29, 0.717) is 5.39 Å². The molecule has 2 aromatic carbocycles. The third-order valence-electron chi connectivity index (χ3n) is 3.08. The Bertz CT molecular complexity index is 782. The van der Waals surface area contributed by atoms with E-state index in [1.807, 2.05) is 19.1 Å². The molecule has 0 amide bonds. The molecular formula is C13H11NO3. The molecule has 17 heavy (non-hydrogen) atoms. The molecule has 4 nitrogen and oxygen atoms in total. The third-order valence-corrected chi connectivity index (χ3v) is 3.08. The average molecular weight is 229 g/mol. The van der Waals surface area contributed by atoms with Crippen molar-refractivity contribution in [3.8, 4) is 5.75 Å². The van der Waals surface area contributed by atoms with Crippen LogP contribution in [0.25, 0.3) is 27.6 Å². The van der Waals surface area contributed by atoms with Gasteiger partial charge in [-0.05, 0) is 19.1 Å². The van der Waals surface area contributed by atoms with Crippen molar-refractivity contribution >= 4 is 27.6 Å². The lowest BCUT2D eigenvalue weighted by Gasteiger charge is -2.02. The minimum Gasteiger partial charge on any atom is -0.507 e. The number of hydrogen-bond acceptors (Lipinski definition) is 3. The molecule has 4 heteroatoms. The molecule has 0 spiro atoms. The van der Waals surface area contributed by atoms with E-state index < -0.39 is 5.95 Å². The third kappa shape index (κ3) is 1.18. The Morgan fingerprint density at radius 3 is 2.65 bits per heavy atom. The molecule has 0 atom stereocenters. The monoisotopic (exact) mass is 229 g/mol. The zero-order chi connectivity index (χ0) is 12.2. The molecule has 1 heterocycles. The SMILES string of the molecule is Cc1[nH]c2cccc3c(O)cc(=C(O)O)c1c23. The fourth-order valence-corrected chi connectivity index (χ4v) is 2.39. The van der Waals surface area contributed by atoms with Gasteiger partial charge in [0.1, 0.15) is 5.75 Å². The predicted octanol–water partition coefficient (Wildman–Crippen LogP) is 2.24. The number of hydrogen-bond donors (Lipinski definition) is 4. The van der Waals surface area contributed by atoms with Crippen molar-refractivity contribution < 1.29 is 15.3 Å². The standard InChI is InChI=1S/C13H11NO3/c1-6-11-8(13(16)17)5-10(15)7-3-2-4-9(14-6)12(7)11/h2-5,14-17H,1H3. The fourth-order valence-electron chi connectivity index (χ4n) is 2.39. The predicted molar refractivity (Wildman–Crippen MR) is 66.1 cm³/mol. The van der Waals surface area contributed by atoms with Crippen molar-refractivity contribution in [2.24, 2.45) is 0 Å². The molecule has 0 bridgehead atoms. The molecule has 0 unspecified atom stereocenters. The number of benzene rings is 2.